The number of hydrogen-bond acceptors (Lipinski definition) is 6. The third kappa shape index (κ3) is 3.68. The molecular formula is C19H21N5O4. The van der Waals surface area contributed by atoms with Crippen molar-refractivity contribution in [1.82, 2.24) is 25.0 Å². The third-order valence-electron chi connectivity index (χ3n) is 4.92. The van der Waals surface area contributed by atoms with Crippen molar-refractivity contribution in [1.29, 1.82) is 0 Å². The van der Waals surface area contributed by atoms with Gasteiger partial charge in [-0.3, -0.25) is 14.7 Å². The summed E-state index contributed by atoms with van der Waals surface area (Å²) in [5, 5.41) is 6.98. The summed E-state index contributed by atoms with van der Waals surface area (Å²) in [6.07, 6.45) is 5.99. The summed E-state index contributed by atoms with van der Waals surface area (Å²) in [5.74, 6) is 0.523. The summed E-state index contributed by atoms with van der Waals surface area (Å²) >= 11 is 0. The summed E-state index contributed by atoms with van der Waals surface area (Å²) in [6.45, 7) is 1.81. The Morgan fingerprint density at radius 2 is 2.29 bits per heavy atom. The lowest BCUT2D eigenvalue weighted by Crippen LogP contribution is -2.44. The molecular weight excluding hydrogens is 362 g/mol. The smallest absolute Gasteiger partial charge is 0.275 e. The van der Waals surface area contributed by atoms with E-state index in [2.05, 4.69) is 15.2 Å². The number of oxazole rings is 1. The van der Waals surface area contributed by atoms with E-state index >= 15 is 0 Å². The number of carbonyl (C=O) groups excluding carboxylic acids is 2. The van der Waals surface area contributed by atoms with Gasteiger partial charge in [0, 0.05) is 32.7 Å². The van der Waals surface area contributed by atoms with Gasteiger partial charge in [0.15, 0.2) is 23.5 Å². The largest absolute Gasteiger partial charge is 0.463 e. The Balaban J connectivity index is 1.38. The van der Waals surface area contributed by atoms with Gasteiger partial charge < -0.3 is 18.6 Å². The number of furan rings is 1. The van der Waals surface area contributed by atoms with Crippen LogP contribution in [0.5, 0.6) is 0 Å². The minimum Gasteiger partial charge on any atom is -0.463 e. The molecule has 1 N–H and O–H groups in total. The van der Waals surface area contributed by atoms with E-state index in [1.807, 2.05) is 0 Å². The molecule has 1 fully saturated rings. The molecule has 0 saturated carbocycles. The van der Waals surface area contributed by atoms with Crippen LogP contribution in [0.1, 0.15) is 33.8 Å². The van der Waals surface area contributed by atoms with Crippen molar-refractivity contribution >= 4 is 11.8 Å². The first-order valence-electron chi connectivity index (χ1n) is 9.14. The average Bonchev–Trinajstić information content (AvgIpc) is 3.48. The second-order valence-corrected chi connectivity index (χ2v) is 6.96. The number of H-pyrrole nitrogens is 1. The van der Waals surface area contributed by atoms with Gasteiger partial charge in [0.25, 0.3) is 11.8 Å². The fourth-order valence-corrected chi connectivity index (χ4v) is 3.53. The summed E-state index contributed by atoms with van der Waals surface area (Å²) in [7, 11) is 1.74. The molecule has 2 amide bonds. The van der Waals surface area contributed by atoms with E-state index in [0.29, 0.717) is 36.8 Å². The zero-order chi connectivity index (χ0) is 19.5. The molecule has 1 aliphatic heterocycles. The number of amides is 2. The van der Waals surface area contributed by atoms with E-state index in [0.717, 1.165) is 12.8 Å². The van der Waals surface area contributed by atoms with Crippen molar-refractivity contribution in [2.45, 2.75) is 12.8 Å². The topological polar surface area (TPSA) is 108 Å². The monoisotopic (exact) mass is 383 g/mol. The van der Waals surface area contributed by atoms with Crippen LogP contribution in [0.15, 0.2) is 46.0 Å². The third-order valence-corrected chi connectivity index (χ3v) is 4.92. The fraction of sp³-hybridized carbons (Fsp3) is 0.368. The van der Waals surface area contributed by atoms with Gasteiger partial charge in [0.05, 0.1) is 6.26 Å². The number of nitrogens with zero attached hydrogens (tertiary/aromatic N) is 4. The molecule has 0 spiro atoms. The van der Waals surface area contributed by atoms with Gasteiger partial charge in [-0.1, -0.05) is 0 Å². The summed E-state index contributed by atoms with van der Waals surface area (Å²) in [5.41, 5.74) is 1.31. The molecule has 0 radical (unpaired) electrons. The van der Waals surface area contributed by atoms with E-state index in [9.17, 15) is 9.59 Å². The summed E-state index contributed by atoms with van der Waals surface area (Å²) in [6, 6.07) is 5.29. The fourth-order valence-electron chi connectivity index (χ4n) is 3.53. The van der Waals surface area contributed by atoms with Gasteiger partial charge in [-0.2, -0.15) is 5.10 Å². The molecule has 1 aliphatic rings. The van der Waals surface area contributed by atoms with Gasteiger partial charge >= 0.3 is 0 Å². The first-order chi connectivity index (χ1) is 13.6. The Labute approximate surface area is 161 Å². The second-order valence-electron chi connectivity index (χ2n) is 6.96. The second kappa shape index (κ2) is 7.71. The predicted molar refractivity (Wildman–Crippen MR) is 98.4 cm³/mol. The van der Waals surface area contributed by atoms with E-state index in [1.165, 1.54) is 12.7 Å². The highest BCUT2D eigenvalue weighted by atomic mass is 16.3. The van der Waals surface area contributed by atoms with E-state index in [4.69, 9.17) is 8.83 Å². The molecule has 146 valence electrons. The summed E-state index contributed by atoms with van der Waals surface area (Å²) < 4.78 is 10.2. The first-order valence-corrected chi connectivity index (χ1v) is 9.14. The molecule has 0 bridgehead atoms. The highest BCUT2D eigenvalue weighted by Crippen LogP contribution is 2.22. The Kier molecular flexibility index (Phi) is 4.96. The van der Waals surface area contributed by atoms with E-state index in [-0.39, 0.29) is 23.4 Å². The molecule has 0 aromatic carbocycles. The van der Waals surface area contributed by atoms with Crippen molar-refractivity contribution in [3.05, 3.63) is 48.5 Å². The van der Waals surface area contributed by atoms with Crippen molar-refractivity contribution in [3.8, 4) is 11.5 Å². The molecule has 1 saturated heterocycles. The summed E-state index contributed by atoms with van der Waals surface area (Å²) in [4.78, 5) is 32.5. The lowest BCUT2D eigenvalue weighted by molar-refractivity contribution is 0.0612. The maximum Gasteiger partial charge on any atom is 0.275 e. The Morgan fingerprint density at radius 1 is 1.39 bits per heavy atom. The van der Waals surface area contributed by atoms with E-state index < -0.39 is 0 Å². The zero-order valence-corrected chi connectivity index (χ0v) is 15.5. The molecule has 0 aliphatic carbocycles. The SMILES string of the molecule is CN(CC1CCCN(C(=O)c2cc(-c3ccco3)[nH]n2)C1)C(=O)c1cocn1. The quantitative estimate of drug-likeness (QED) is 0.724. The molecule has 1 atom stereocenters. The predicted octanol–water partition coefficient (Wildman–Crippen LogP) is 2.28. The molecule has 3 aromatic rings. The van der Waals surface area contributed by atoms with Crippen LogP contribution in [-0.2, 0) is 0 Å². The minimum atomic E-state index is -0.187. The minimum absolute atomic E-state index is 0.121. The van der Waals surface area contributed by atoms with Gasteiger partial charge in [-0.05, 0) is 30.9 Å². The number of hydrogen-bond donors (Lipinski definition) is 1. The van der Waals surface area contributed by atoms with Crippen molar-refractivity contribution in [2.24, 2.45) is 5.92 Å². The van der Waals surface area contributed by atoms with Crippen LogP contribution in [0.4, 0.5) is 0 Å². The number of carbonyl (C=O) groups is 2. The van der Waals surface area contributed by atoms with Crippen LogP contribution in [0.3, 0.4) is 0 Å². The number of nitrogens with one attached hydrogen (secondary N) is 1. The maximum atomic E-state index is 12.8. The number of likely N-dealkylation sites (tertiary alicyclic amines) is 1. The number of aromatic amines is 1. The Bertz CT molecular complexity index is 932. The molecule has 1 unspecified atom stereocenters. The molecule has 9 nitrogen and oxygen atoms in total. The highest BCUT2D eigenvalue weighted by Gasteiger charge is 2.28. The number of piperidine rings is 1. The van der Waals surface area contributed by atoms with Crippen molar-refractivity contribution in [2.75, 3.05) is 26.7 Å². The standard InChI is InChI=1S/C19H21N5O4/c1-23(18(25)16-11-27-12-20-16)9-13-4-2-6-24(10-13)19(26)15-8-14(21-22-15)17-5-3-7-28-17/h3,5,7-8,11-13H,2,4,6,9-10H2,1H3,(H,21,22). The van der Waals surface area contributed by atoms with Crippen LogP contribution in [0.2, 0.25) is 0 Å². The lowest BCUT2D eigenvalue weighted by Gasteiger charge is -2.34. The lowest BCUT2D eigenvalue weighted by atomic mass is 9.97. The first kappa shape index (κ1) is 18.0. The molecule has 9 heteroatoms. The molecule has 4 heterocycles. The van der Waals surface area contributed by atoms with E-state index in [1.54, 1.807) is 41.3 Å². The van der Waals surface area contributed by atoms with Gasteiger partial charge in [-0.15, -0.1) is 0 Å². The van der Waals surface area contributed by atoms with Crippen LogP contribution in [0.25, 0.3) is 11.5 Å². The number of aromatic nitrogens is 3. The maximum absolute atomic E-state index is 12.8. The van der Waals surface area contributed by atoms with Gasteiger partial charge in [-0.25, -0.2) is 4.98 Å². The average molecular weight is 383 g/mol. The van der Waals surface area contributed by atoms with Gasteiger partial charge in [0.2, 0.25) is 0 Å². The molecule has 28 heavy (non-hydrogen) atoms. The zero-order valence-electron chi connectivity index (χ0n) is 15.5. The van der Waals surface area contributed by atoms with Crippen molar-refractivity contribution in [3.63, 3.8) is 0 Å². The number of rotatable bonds is 5. The highest BCUT2D eigenvalue weighted by molar-refractivity contribution is 5.93. The molecule has 4 rings (SSSR count). The van der Waals surface area contributed by atoms with Crippen LogP contribution < -0.4 is 0 Å². The van der Waals surface area contributed by atoms with Gasteiger partial charge in [0.1, 0.15) is 12.0 Å². The molecule has 3 aromatic heterocycles. The Hall–Kier alpha value is -3.36. The van der Waals surface area contributed by atoms with Crippen LogP contribution in [-0.4, -0.2) is 63.5 Å². The van der Waals surface area contributed by atoms with Crippen molar-refractivity contribution < 1.29 is 18.4 Å². The normalized spacial score (nSPS) is 16.9. The van der Waals surface area contributed by atoms with Crippen LogP contribution in [0, 0.1) is 5.92 Å². The van der Waals surface area contributed by atoms with Crippen LogP contribution >= 0.6 is 0 Å². The Morgan fingerprint density at radius 3 is 3.04 bits per heavy atom.